The zero-order valence-corrected chi connectivity index (χ0v) is 43.8. The summed E-state index contributed by atoms with van der Waals surface area (Å²) in [6, 6.07) is -1.06. The number of urea groups is 1. The number of nitrogens with zero attached hydrogens (tertiary/aromatic N) is 10. The number of anilines is 3. The van der Waals surface area contributed by atoms with Crippen molar-refractivity contribution in [2.45, 2.75) is 67.5 Å². The summed E-state index contributed by atoms with van der Waals surface area (Å²) in [5, 5.41) is 35.3. The number of aliphatic hydroxyl groups excluding tert-OH is 3. The van der Waals surface area contributed by atoms with Gasteiger partial charge in [0.05, 0.1) is 45.6 Å². The molecule has 18 N–H and O–H groups in total. The highest BCUT2D eigenvalue weighted by atomic mass is 31.3. The largest absolute Gasteiger partial charge is 0.490 e. The highest BCUT2D eigenvalue weighted by Gasteiger charge is 2.54. The maximum atomic E-state index is 13.7. The van der Waals surface area contributed by atoms with E-state index in [0.717, 1.165) is 30.7 Å². The summed E-state index contributed by atoms with van der Waals surface area (Å²) in [7, 11) is -21.0. The van der Waals surface area contributed by atoms with Crippen LogP contribution in [-0.4, -0.2) is 177 Å². The molecule has 0 bridgehead atoms. The van der Waals surface area contributed by atoms with E-state index in [9.17, 15) is 67.5 Å². The molecule has 0 spiro atoms. The Labute approximate surface area is 437 Å². The van der Waals surface area contributed by atoms with Crippen LogP contribution in [0, 0.1) is 5.92 Å². The summed E-state index contributed by atoms with van der Waals surface area (Å²) in [5.41, 5.74) is 20.7. The van der Waals surface area contributed by atoms with Gasteiger partial charge < -0.3 is 82.1 Å². The van der Waals surface area contributed by atoms with Crippen LogP contribution in [0.15, 0.2) is 34.9 Å². The summed E-state index contributed by atoms with van der Waals surface area (Å²) in [6.45, 7) is -3.81. The minimum atomic E-state index is -6.24. The van der Waals surface area contributed by atoms with Crippen LogP contribution in [0.25, 0.3) is 33.5 Å². The zero-order chi connectivity index (χ0) is 57.3. The Kier molecular flexibility index (Phi) is 16.0. The Balaban J connectivity index is 0.874. The lowest BCUT2D eigenvalue weighted by atomic mass is 9.98. The van der Waals surface area contributed by atoms with Crippen molar-refractivity contribution in [3.05, 3.63) is 46.0 Å². The summed E-state index contributed by atoms with van der Waals surface area (Å²) in [4.78, 5) is 108. The van der Waals surface area contributed by atoms with E-state index < -0.39 is 148 Å². The molecule has 3 fully saturated rings. The van der Waals surface area contributed by atoms with Crippen molar-refractivity contribution in [2.75, 3.05) is 50.7 Å². The van der Waals surface area contributed by atoms with Crippen molar-refractivity contribution < 1.29 is 108 Å². The number of hydrogen-bond acceptors (Lipinski definition) is 29. The zero-order valence-electron chi connectivity index (χ0n) is 40.2. The summed E-state index contributed by atoms with van der Waals surface area (Å²) < 4.78 is 110. The molecule has 432 valence electrons. The number of aromatic nitrogens is 12. The number of amides is 2. The predicted octanol–water partition coefficient (Wildman–Crippen LogP) is -4.79. The Morgan fingerprint density at radius 2 is 1.33 bits per heavy atom. The number of rotatable bonds is 21. The van der Waals surface area contributed by atoms with Crippen LogP contribution in [0.2, 0.25) is 0 Å². The number of nitrogens with one attached hydrogen (secondary N) is 3. The van der Waals surface area contributed by atoms with Gasteiger partial charge in [0.15, 0.2) is 41.4 Å². The third kappa shape index (κ3) is 12.0. The molecule has 6 aromatic rings. The molecule has 0 saturated carbocycles. The topological polar surface area (TPSA) is 597 Å². The second-order valence-corrected chi connectivity index (χ2v) is 23.4. The molecule has 3 aliphatic heterocycles. The Morgan fingerprint density at radius 3 is 2.00 bits per heavy atom. The molecular formula is C34H48N17O24P4+. The van der Waals surface area contributed by atoms with Gasteiger partial charge in [-0.25, -0.2) is 47.6 Å². The van der Waals surface area contributed by atoms with E-state index in [0.29, 0.717) is 0 Å². The van der Waals surface area contributed by atoms with Gasteiger partial charge in [0, 0.05) is 19.6 Å². The molecule has 79 heavy (non-hydrogen) atoms. The third-order valence-corrected chi connectivity index (χ3v) is 17.5. The van der Waals surface area contributed by atoms with Gasteiger partial charge in [0.2, 0.25) is 17.7 Å². The first-order valence-electron chi connectivity index (χ1n) is 22.4. The predicted molar refractivity (Wildman–Crippen MR) is 254 cm³/mol. The highest BCUT2D eigenvalue weighted by molar-refractivity contribution is 7.66. The smallest absolute Gasteiger partial charge is 0.387 e. The van der Waals surface area contributed by atoms with Gasteiger partial charge in [-0.1, -0.05) is 4.98 Å². The fourth-order valence-corrected chi connectivity index (χ4v) is 13.3. The number of aryl methyl sites for hydroxylation is 1. The number of hydrogen-bond donors (Lipinski definition) is 14. The van der Waals surface area contributed by atoms with E-state index in [1.54, 1.807) is 0 Å². The van der Waals surface area contributed by atoms with Crippen LogP contribution in [0.5, 0.6) is 0 Å². The van der Waals surface area contributed by atoms with Gasteiger partial charge in [0.25, 0.3) is 17.1 Å². The van der Waals surface area contributed by atoms with E-state index in [-0.39, 0.29) is 51.2 Å². The first-order chi connectivity index (χ1) is 37.1. The number of imidazole rings is 3. The number of aliphatic hydroxyl groups is 3. The van der Waals surface area contributed by atoms with E-state index in [2.05, 4.69) is 53.8 Å². The molecular weight excluding hydrogens is 1150 g/mol. The minimum absolute atomic E-state index is 0.000111. The standard InChI is InChI=1S/C34H47N17O24P4/c1-48-10-51(26-17(48)28(56)47-33(37)45-26)29-18(52)11(3-39-34(38)57)12(70-29)4-68-77(60,61)74-79(64,65)75-78(62,63)69-6-14-21(22(66-2)31(72-14)49-8-42-15-23(35)40-7-41-24(15)49)73-76(58,59)67-5-13-19(53)20(54)30(71-13)50-9-43-16-25(50)44-32(36)46-27(16)55/h7-14,18-22,29-31,52-54H,3-6H2,1-2H3,(H14-,35,36,37,38,39,40,41,44,45,46,47,55,56,57,58,59,60,61,62,63,64,65)/p+1/t11-,12-,13-,14-,18-,19-,20-,21-,22-,29-,30-,31-/m1/s1. The highest BCUT2D eigenvalue weighted by Crippen LogP contribution is 2.68. The molecule has 6 aromatic heterocycles. The molecule has 0 aliphatic carbocycles. The molecule has 4 unspecified atom stereocenters. The number of nitrogens with two attached hydrogens (primary N) is 4. The molecule has 0 radical (unpaired) electrons. The van der Waals surface area contributed by atoms with Gasteiger partial charge in [-0.05, 0) is 0 Å². The molecule has 16 atom stereocenters. The van der Waals surface area contributed by atoms with Crippen LogP contribution >= 0.6 is 31.3 Å². The molecule has 41 nitrogen and oxygen atoms in total. The molecule has 3 saturated heterocycles. The fourth-order valence-electron chi connectivity index (χ4n) is 8.85. The van der Waals surface area contributed by atoms with Crippen LogP contribution < -0.4 is 43.9 Å². The first-order valence-corrected chi connectivity index (χ1v) is 28.4. The van der Waals surface area contributed by atoms with Gasteiger partial charge in [-0.2, -0.15) is 13.6 Å². The van der Waals surface area contributed by atoms with Gasteiger partial charge >= 0.3 is 43.0 Å². The summed E-state index contributed by atoms with van der Waals surface area (Å²) in [6.07, 6.45) is -13.6. The normalized spacial score (nSPS) is 29.4. The quantitative estimate of drug-likeness (QED) is 0.0238. The van der Waals surface area contributed by atoms with Crippen molar-refractivity contribution in [1.29, 1.82) is 0 Å². The van der Waals surface area contributed by atoms with Crippen molar-refractivity contribution in [3.8, 4) is 0 Å². The average molecular weight is 1200 g/mol. The number of nitrogen functional groups attached to an aromatic ring is 3. The van der Waals surface area contributed by atoms with Crippen LogP contribution in [-0.2, 0) is 71.0 Å². The number of aromatic amines is 2. The van der Waals surface area contributed by atoms with Crippen molar-refractivity contribution in [3.63, 3.8) is 0 Å². The second kappa shape index (κ2) is 21.9. The summed E-state index contributed by atoms with van der Waals surface area (Å²) >= 11 is 0. The molecule has 2 amide bonds. The second-order valence-electron chi connectivity index (χ2n) is 17.4. The van der Waals surface area contributed by atoms with E-state index in [1.165, 1.54) is 27.1 Å². The number of phosphoric ester groups is 3. The van der Waals surface area contributed by atoms with E-state index in [4.69, 9.17) is 60.0 Å². The number of primary amides is 1. The number of carbonyl (C=O) groups is 1. The Hall–Kier alpha value is -5.84. The lowest BCUT2D eigenvalue weighted by Gasteiger charge is -2.26. The van der Waals surface area contributed by atoms with Crippen molar-refractivity contribution in [2.24, 2.45) is 18.7 Å². The molecule has 45 heteroatoms. The maximum Gasteiger partial charge on any atom is 0.490 e. The monoisotopic (exact) mass is 1200 g/mol. The first kappa shape index (κ1) is 57.8. The van der Waals surface area contributed by atoms with E-state index in [1.807, 2.05) is 0 Å². The van der Waals surface area contributed by atoms with Gasteiger partial charge in [-0.3, -0.25) is 51.4 Å². The average Bonchev–Trinajstić information content (AvgIpc) is 4.35. The van der Waals surface area contributed by atoms with Gasteiger partial charge in [-0.15, -0.1) is 0 Å². The number of carbonyl (C=O) groups excluding carboxylic acids is 1. The molecule has 0 aromatic carbocycles. The third-order valence-electron chi connectivity index (χ3n) is 12.3. The lowest BCUT2D eigenvalue weighted by molar-refractivity contribution is -0.745. The van der Waals surface area contributed by atoms with Crippen LogP contribution in [0.3, 0.4) is 0 Å². The Bertz CT molecular complexity index is 3620. The van der Waals surface area contributed by atoms with Gasteiger partial charge in [0.1, 0.15) is 54.6 Å². The summed E-state index contributed by atoms with van der Waals surface area (Å²) in [5.74, 6) is -1.97. The minimum Gasteiger partial charge on any atom is -0.387 e. The fraction of sp³-hybridized carbons (Fsp3) is 0.529. The van der Waals surface area contributed by atoms with Crippen molar-refractivity contribution in [1.82, 2.24) is 58.9 Å². The molecule has 9 rings (SSSR count). The van der Waals surface area contributed by atoms with Crippen LogP contribution in [0.4, 0.5) is 22.5 Å². The van der Waals surface area contributed by atoms with Crippen LogP contribution in [0.1, 0.15) is 18.7 Å². The number of ether oxygens (including phenoxy) is 4. The molecule has 9 heterocycles. The van der Waals surface area contributed by atoms with Crippen molar-refractivity contribution >= 4 is 88.5 Å². The number of H-pyrrole nitrogens is 2. The number of methoxy groups -OCH3 is 1. The number of phosphoric acid groups is 4. The number of fused-ring (bicyclic) bond motifs is 3. The van der Waals surface area contributed by atoms with E-state index >= 15 is 0 Å². The maximum absolute atomic E-state index is 13.7. The molecule has 3 aliphatic rings. The lowest BCUT2D eigenvalue weighted by Crippen LogP contribution is -2.47. The Morgan fingerprint density at radius 1 is 0.734 bits per heavy atom. The SMILES string of the molecule is CO[C@@H]1[C@H](OP(=O)(O)OC[C@H]2O[C@@H](n3cnc4c(=O)[nH]c(N)nc43)[C@H](O)[C@@H]2O)[C@@H](COP(=O)(O)OP(=O)(O)OP(=O)(O)OC[C@H]2O[C@@H]([n+]3cn(C)c4c(=O)[nH]c(N)nc43)[C@H](O)[C@@H]2CNC(N)=O)O[C@H]1n1cnc2c(N)ncnc21.